The van der Waals surface area contributed by atoms with Crippen molar-refractivity contribution in [2.75, 3.05) is 45.7 Å². The van der Waals surface area contributed by atoms with Crippen molar-refractivity contribution in [3.05, 3.63) is 24.2 Å². The highest BCUT2D eigenvalue weighted by molar-refractivity contribution is 7.98. The van der Waals surface area contributed by atoms with E-state index < -0.39 is 0 Å². The number of nitrogens with zero attached hydrogens (tertiary/aromatic N) is 2. The highest BCUT2D eigenvalue weighted by Gasteiger charge is 2.16. The zero-order chi connectivity index (χ0) is 16.2. The Hall–Kier alpha value is -1.14. The standard InChI is InChI=1S/C16H30N4OS/c1-5-17-16(18-10-6-7-12-22-4)19-13-14(20(2)3)15-9-8-11-21-15/h8-9,11,14H,5-7,10,12-13H2,1-4H3,(H2,17,18,19). The molecule has 1 rings (SSSR count). The van der Waals surface area contributed by atoms with Crippen LogP contribution in [0.15, 0.2) is 27.8 Å². The molecule has 126 valence electrons. The highest BCUT2D eigenvalue weighted by atomic mass is 32.2. The van der Waals surface area contributed by atoms with Crippen LogP contribution in [0, 0.1) is 0 Å². The fourth-order valence-electron chi connectivity index (χ4n) is 2.09. The Bertz CT molecular complexity index is 406. The fraction of sp³-hybridized carbons (Fsp3) is 0.688. The van der Waals surface area contributed by atoms with Crippen LogP contribution < -0.4 is 10.6 Å². The summed E-state index contributed by atoms with van der Waals surface area (Å²) in [6, 6.07) is 4.08. The zero-order valence-electron chi connectivity index (χ0n) is 14.3. The van der Waals surface area contributed by atoms with E-state index in [-0.39, 0.29) is 6.04 Å². The third kappa shape index (κ3) is 7.22. The van der Waals surface area contributed by atoms with Gasteiger partial charge in [-0.15, -0.1) is 0 Å². The SMILES string of the molecule is CCNC(=NCC(c1ccco1)N(C)C)NCCCCSC. The molecule has 1 heterocycles. The minimum Gasteiger partial charge on any atom is -0.468 e. The Morgan fingerprint density at radius 3 is 2.77 bits per heavy atom. The number of aliphatic imine (C=N–C) groups is 1. The Labute approximate surface area is 138 Å². The van der Waals surface area contributed by atoms with Crippen molar-refractivity contribution >= 4 is 17.7 Å². The molecule has 1 atom stereocenters. The number of guanidine groups is 1. The first kappa shape index (κ1) is 18.9. The summed E-state index contributed by atoms with van der Waals surface area (Å²) >= 11 is 1.90. The van der Waals surface area contributed by atoms with Gasteiger partial charge in [0.1, 0.15) is 5.76 Å². The monoisotopic (exact) mass is 326 g/mol. The molecule has 0 fully saturated rings. The largest absolute Gasteiger partial charge is 0.468 e. The van der Waals surface area contributed by atoms with Gasteiger partial charge in [-0.05, 0) is 58.0 Å². The quantitative estimate of drug-likeness (QED) is 0.393. The third-order valence-corrected chi connectivity index (χ3v) is 4.03. The number of thioether (sulfide) groups is 1. The second-order valence-corrected chi connectivity index (χ2v) is 6.33. The zero-order valence-corrected chi connectivity index (χ0v) is 15.1. The molecule has 22 heavy (non-hydrogen) atoms. The summed E-state index contributed by atoms with van der Waals surface area (Å²) in [5.41, 5.74) is 0. The average molecular weight is 327 g/mol. The Morgan fingerprint density at radius 1 is 1.36 bits per heavy atom. The number of hydrogen-bond acceptors (Lipinski definition) is 4. The lowest BCUT2D eigenvalue weighted by Gasteiger charge is -2.21. The molecule has 1 aromatic rings. The van der Waals surface area contributed by atoms with Crippen LogP contribution in [0.2, 0.25) is 0 Å². The first-order valence-corrected chi connectivity index (χ1v) is 9.29. The average Bonchev–Trinajstić information content (AvgIpc) is 3.00. The van der Waals surface area contributed by atoms with Crippen molar-refractivity contribution in [1.29, 1.82) is 0 Å². The maximum atomic E-state index is 5.52. The van der Waals surface area contributed by atoms with Crippen LogP contribution in [0.5, 0.6) is 0 Å². The molecular weight excluding hydrogens is 296 g/mol. The second-order valence-electron chi connectivity index (χ2n) is 5.34. The van der Waals surface area contributed by atoms with Crippen LogP contribution in [-0.2, 0) is 0 Å². The van der Waals surface area contributed by atoms with Crippen molar-refractivity contribution in [3.8, 4) is 0 Å². The molecular formula is C16H30N4OS. The first-order chi connectivity index (χ1) is 10.7. The van der Waals surface area contributed by atoms with Gasteiger partial charge >= 0.3 is 0 Å². The van der Waals surface area contributed by atoms with Crippen molar-refractivity contribution in [3.63, 3.8) is 0 Å². The molecule has 2 N–H and O–H groups in total. The second kappa shape index (κ2) is 11.4. The predicted octanol–water partition coefficient (Wildman–Crippen LogP) is 2.58. The van der Waals surface area contributed by atoms with Crippen molar-refractivity contribution in [2.45, 2.75) is 25.8 Å². The predicted molar refractivity (Wildman–Crippen MR) is 96.7 cm³/mol. The molecule has 0 radical (unpaired) electrons. The Kier molecular flexibility index (Phi) is 9.82. The number of nitrogens with one attached hydrogen (secondary N) is 2. The van der Waals surface area contributed by atoms with Crippen LogP contribution >= 0.6 is 11.8 Å². The van der Waals surface area contributed by atoms with E-state index in [9.17, 15) is 0 Å². The van der Waals surface area contributed by atoms with Crippen molar-refractivity contribution in [2.24, 2.45) is 4.99 Å². The Balaban J connectivity index is 2.51. The van der Waals surface area contributed by atoms with E-state index in [0.717, 1.165) is 24.8 Å². The lowest BCUT2D eigenvalue weighted by atomic mass is 10.2. The van der Waals surface area contributed by atoms with Gasteiger partial charge < -0.3 is 15.1 Å². The molecule has 1 aromatic heterocycles. The molecule has 0 aromatic carbocycles. The normalized spacial score (nSPS) is 13.4. The van der Waals surface area contributed by atoms with Gasteiger partial charge in [0.15, 0.2) is 5.96 Å². The summed E-state index contributed by atoms with van der Waals surface area (Å²) in [6.45, 7) is 4.57. The molecule has 0 saturated heterocycles. The number of unbranched alkanes of at least 4 members (excludes halogenated alkanes) is 1. The van der Waals surface area contributed by atoms with Gasteiger partial charge in [0.2, 0.25) is 0 Å². The van der Waals surface area contributed by atoms with Gasteiger partial charge in [0.05, 0.1) is 18.8 Å². The molecule has 0 saturated carbocycles. The van der Waals surface area contributed by atoms with E-state index in [1.807, 2.05) is 38.0 Å². The summed E-state index contributed by atoms with van der Waals surface area (Å²) in [6.07, 6.45) is 6.26. The lowest BCUT2D eigenvalue weighted by molar-refractivity contribution is 0.265. The molecule has 0 bridgehead atoms. The minimum absolute atomic E-state index is 0.155. The highest BCUT2D eigenvalue weighted by Crippen LogP contribution is 2.18. The summed E-state index contributed by atoms with van der Waals surface area (Å²) < 4.78 is 5.52. The number of rotatable bonds is 10. The van der Waals surface area contributed by atoms with E-state index in [0.29, 0.717) is 6.54 Å². The minimum atomic E-state index is 0.155. The molecule has 5 nitrogen and oxygen atoms in total. The van der Waals surface area contributed by atoms with Gasteiger partial charge in [0, 0.05) is 13.1 Å². The summed E-state index contributed by atoms with van der Waals surface area (Å²) in [7, 11) is 4.09. The van der Waals surface area contributed by atoms with Crippen LogP contribution in [0.3, 0.4) is 0 Å². The molecule has 0 amide bonds. The number of likely N-dealkylation sites (N-methyl/N-ethyl adjacent to an activating group) is 1. The summed E-state index contributed by atoms with van der Waals surface area (Å²) in [5.74, 6) is 3.05. The van der Waals surface area contributed by atoms with E-state index in [2.05, 4.69) is 28.7 Å². The summed E-state index contributed by atoms with van der Waals surface area (Å²) in [5, 5.41) is 6.70. The lowest BCUT2D eigenvalue weighted by Crippen LogP contribution is -2.38. The van der Waals surface area contributed by atoms with Gasteiger partial charge in [-0.25, -0.2) is 0 Å². The van der Waals surface area contributed by atoms with Crippen LogP contribution in [0.1, 0.15) is 31.6 Å². The fourth-order valence-corrected chi connectivity index (χ4v) is 2.58. The smallest absolute Gasteiger partial charge is 0.191 e. The molecule has 0 aliphatic rings. The van der Waals surface area contributed by atoms with E-state index in [4.69, 9.17) is 9.41 Å². The van der Waals surface area contributed by atoms with Gasteiger partial charge in [0.25, 0.3) is 0 Å². The van der Waals surface area contributed by atoms with Crippen molar-refractivity contribution < 1.29 is 4.42 Å². The van der Waals surface area contributed by atoms with Crippen LogP contribution in [0.4, 0.5) is 0 Å². The van der Waals surface area contributed by atoms with Crippen LogP contribution in [0.25, 0.3) is 0 Å². The maximum Gasteiger partial charge on any atom is 0.191 e. The van der Waals surface area contributed by atoms with Gasteiger partial charge in [-0.2, -0.15) is 11.8 Å². The molecule has 1 unspecified atom stereocenters. The van der Waals surface area contributed by atoms with E-state index in [1.165, 1.54) is 18.6 Å². The third-order valence-electron chi connectivity index (χ3n) is 3.33. The number of hydrogen-bond donors (Lipinski definition) is 2. The van der Waals surface area contributed by atoms with Crippen molar-refractivity contribution in [1.82, 2.24) is 15.5 Å². The summed E-state index contributed by atoms with van der Waals surface area (Å²) in [4.78, 5) is 6.83. The van der Waals surface area contributed by atoms with Crippen LogP contribution in [-0.4, -0.2) is 56.6 Å². The van der Waals surface area contributed by atoms with Gasteiger partial charge in [-0.1, -0.05) is 0 Å². The number of furan rings is 1. The topological polar surface area (TPSA) is 52.8 Å². The molecule has 6 heteroatoms. The first-order valence-electron chi connectivity index (χ1n) is 7.90. The molecule has 0 spiro atoms. The molecule has 0 aliphatic carbocycles. The van der Waals surface area contributed by atoms with E-state index in [1.54, 1.807) is 6.26 Å². The van der Waals surface area contributed by atoms with Gasteiger partial charge in [-0.3, -0.25) is 9.89 Å². The van der Waals surface area contributed by atoms with E-state index >= 15 is 0 Å². The Morgan fingerprint density at radius 2 is 2.18 bits per heavy atom. The molecule has 0 aliphatic heterocycles. The maximum absolute atomic E-state index is 5.52.